The number of carbonyl (C=O) groups is 2. The predicted molar refractivity (Wildman–Crippen MR) is 124 cm³/mol. The molecule has 176 valence electrons. The molecule has 2 aromatic rings. The van der Waals surface area contributed by atoms with Crippen LogP contribution in [0.3, 0.4) is 0 Å². The molecule has 0 fully saturated rings. The Morgan fingerprint density at radius 3 is 2.42 bits per heavy atom. The van der Waals surface area contributed by atoms with Crippen molar-refractivity contribution in [2.75, 3.05) is 7.11 Å². The van der Waals surface area contributed by atoms with Gasteiger partial charge in [-0.15, -0.1) is 0 Å². The lowest BCUT2D eigenvalue weighted by molar-refractivity contribution is -0.384. The number of non-ortho nitro benzene ring substituents is 1. The fraction of sp³-hybridized carbons (Fsp3) is 0.348. The summed E-state index contributed by atoms with van der Waals surface area (Å²) < 4.78 is 11.0. The zero-order valence-corrected chi connectivity index (χ0v) is 19.2. The van der Waals surface area contributed by atoms with Crippen LogP contribution in [0.4, 0.5) is 5.69 Å². The van der Waals surface area contributed by atoms with E-state index in [9.17, 15) is 19.7 Å². The minimum Gasteiger partial charge on any atom is -0.493 e. The van der Waals surface area contributed by atoms with Crippen molar-refractivity contribution in [1.82, 2.24) is 10.7 Å². The van der Waals surface area contributed by atoms with Crippen molar-refractivity contribution in [3.63, 3.8) is 0 Å². The first-order valence-electron chi connectivity index (χ1n) is 10.3. The lowest BCUT2D eigenvalue weighted by Gasteiger charge is -2.20. The van der Waals surface area contributed by atoms with Crippen LogP contribution in [0.1, 0.15) is 43.6 Å². The summed E-state index contributed by atoms with van der Waals surface area (Å²) in [6, 6.07) is 9.63. The summed E-state index contributed by atoms with van der Waals surface area (Å²) in [6.45, 7) is 7.35. The van der Waals surface area contributed by atoms with Crippen molar-refractivity contribution in [3.8, 4) is 11.5 Å². The lowest BCUT2D eigenvalue weighted by atomic mass is 10.0. The van der Waals surface area contributed by atoms with Crippen molar-refractivity contribution in [2.24, 2.45) is 11.0 Å². The molecule has 10 nitrogen and oxygen atoms in total. The molecule has 0 saturated heterocycles. The van der Waals surface area contributed by atoms with Gasteiger partial charge in [-0.1, -0.05) is 19.9 Å². The molecule has 0 aliphatic rings. The third kappa shape index (κ3) is 7.30. The second-order valence-electron chi connectivity index (χ2n) is 7.81. The molecule has 0 radical (unpaired) electrons. The molecule has 2 aromatic carbocycles. The number of hydrogen-bond donors (Lipinski definition) is 2. The SMILES string of the molecule is COc1cc(/C=N\NC(=O)[C@@H](NC(=O)c2cccc([N+](=O)[O-])c2)C(C)C)ccc1OC(C)C. The number of ether oxygens (including phenoxy) is 2. The number of benzene rings is 2. The highest BCUT2D eigenvalue weighted by Crippen LogP contribution is 2.28. The smallest absolute Gasteiger partial charge is 0.270 e. The first-order valence-corrected chi connectivity index (χ1v) is 10.3. The average Bonchev–Trinajstić information content (AvgIpc) is 2.77. The van der Waals surface area contributed by atoms with E-state index in [-0.39, 0.29) is 23.3 Å². The first kappa shape index (κ1) is 25.3. The Bertz CT molecular complexity index is 1040. The van der Waals surface area contributed by atoms with Gasteiger partial charge in [-0.05, 0) is 49.6 Å². The fourth-order valence-corrected chi connectivity index (χ4v) is 2.88. The Morgan fingerprint density at radius 1 is 1.09 bits per heavy atom. The van der Waals surface area contributed by atoms with E-state index in [4.69, 9.17) is 9.47 Å². The number of rotatable bonds is 10. The summed E-state index contributed by atoms with van der Waals surface area (Å²) in [6.07, 6.45) is 1.43. The summed E-state index contributed by atoms with van der Waals surface area (Å²) in [5.74, 6) is -0.246. The molecule has 1 atom stereocenters. The molecule has 0 unspecified atom stereocenters. The van der Waals surface area contributed by atoms with Gasteiger partial charge in [-0.2, -0.15) is 5.10 Å². The van der Waals surface area contributed by atoms with Crippen LogP contribution in [0.15, 0.2) is 47.6 Å². The molecule has 33 heavy (non-hydrogen) atoms. The van der Waals surface area contributed by atoms with Gasteiger partial charge >= 0.3 is 0 Å². The van der Waals surface area contributed by atoms with Gasteiger partial charge in [0, 0.05) is 17.7 Å². The monoisotopic (exact) mass is 456 g/mol. The van der Waals surface area contributed by atoms with Crippen LogP contribution >= 0.6 is 0 Å². The largest absolute Gasteiger partial charge is 0.493 e. The number of hydrazone groups is 1. The topological polar surface area (TPSA) is 132 Å². The van der Waals surface area contributed by atoms with Gasteiger partial charge in [-0.3, -0.25) is 19.7 Å². The summed E-state index contributed by atoms with van der Waals surface area (Å²) in [7, 11) is 1.53. The van der Waals surface area contributed by atoms with Crippen LogP contribution in [0, 0.1) is 16.0 Å². The van der Waals surface area contributed by atoms with E-state index in [2.05, 4.69) is 15.8 Å². The Labute approximate surface area is 192 Å². The number of methoxy groups -OCH3 is 1. The van der Waals surface area contributed by atoms with Gasteiger partial charge in [0.15, 0.2) is 11.5 Å². The summed E-state index contributed by atoms with van der Waals surface area (Å²) in [5, 5.41) is 17.5. The van der Waals surface area contributed by atoms with Gasteiger partial charge in [0.05, 0.1) is 24.4 Å². The van der Waals surface area contributed by atoms with E-state index >= 15 is 0 Å². The van der Waals surface area contributed by atoms with Crippen LogP contribution in [0.5, 0.6) is 11.5 Å². The van der Waals surface area contributed by atoms with Crippen LogP contribution in [-0.2, 0) is 4.79 Å². The Kier molecular flexibility index (Phi) is 8.90. The molecule has 0 heterocycles. The maximum absolute atomic E-state index is 12.6. The van der Waals surface area contributed by atoms with E-state index in [0.29, 0.717) is 17.1 Å². The molecule has 0 saturated carbocycles. The average molecular weight is 456 g/mol. The van der Waals surface area contributed by atoms with Crippen molar-refractivity contribution in [1.29, 1.82) is 0 Å². The van der Waals surface area contributed by atoms with E-state index < -0.39 is 22.8 Å². The van der Waals surface area contributed by atoms with Gasteiger partial charge in [0.25, 0.3) is 17.5 Å². The zero-order valence-electron chi connectivity index (χ0n) is 19.2. The minimum atomic E-state index is -0.898. The molecule has 2 N–H and O–H groups in total. The normalized spacial score (nSPS) is 12.0. The molecular weight excluding hydrogens is 428 g/mol. The van der Waals surface area contributed by atoms with Crippen LogP contribution < -0.4 is 20.2 Å². The molecule has 0 aromatic heterocycles. The number of nitrogens with one attached hydrogen (secondary N) is 2. The summed E-state index contributed by atoms with van der Waals surface area (Å²) in [5.41, 5.74) is 2.97. The second-order valence-corrected chi connectivity index (χ2v) is 7.81. The maximum Gasteiger partial charge on any atom is 0.270 e. The molecule has 0 spiro atoms. The number of nitro benzene ring substituents is 1. The lowest BCUT2D eigenvalue weighted by Crippen LogP contribution is -2.48. The number of carbonyl (C=O) groups excluding carboxylic acids is 2. The number of amides is 2. The summed E-state index contributed by atoms with van der Waals surface area (Å²) in [4.78, 5) is 35.5. The van der Waals surface area contributed by atoms with Crippen molar-refractivity contribution in [2.45, 2.75) is 39.8 Å². The maximum atomic E-state index is 12.6. The molecule has 0 aliphatic heterocycles. The summed E-state index contributed by atoms with van der Waals surface area (Å²) >= 11 is 0. The number of nitrogens with zero attached hydrogens (tertiary/aromatic N) is 2. The molecule has 0 bridgehead atoms. The van der Waals surface area contributed by atoms with E-state index in [0.717, 1.165) is 6.07 Å². The van der Waals surface area contributed by atoms with Gasteiger partial charge < -0.3 is 14.8 Å². The first-order chi connectivity index (χ1) is 15.6. The quantitative estimate of drug-likeness (QED) is 0.320. The van der Waals surface area contributed by atoms with Crippen LogP contribution in [0.25, 0.3) is 0 Å². The zero-order chi connectivity index (χ0) is 24.5. The highest BCUT2D eigenvalue weighted by Gasteiger charge is 2.25. The van der Waals surface area contributed by atoms with Crippen molar-refractivity contribution in [3.05, 3.63) is 63.7 Å². The van der Waals surface area contributed by atoms with Gasteiger partial charge in [0.2, 0.25) is 0 Å². The third-order valence-electron chi connectivity index (χ3n) is 4.49. The standard InChI is InChI=1S/C23H28N4O6/c1-14(2)21(25-22(28)17-7-6-8-18(12-17)27(30)31)23(29)26-24-13-16-9-10-19(33-15(3)4)20(11-16)32-5/h6-15,21H,1-5H3,(H,25,28)(H,26,29)/b24-13-/t21-/m0/s1. The van der Waals surface area contributed by atoms with Gasteiger partial charge in [-0.25, -0.2) is 5.43 Å². The van der Waals surface area contributed by atoms with Gasteiger partial charge in [0.1, 0.15) is 6.04 Å². The van der Waals surface area contributed by atoms with Crippen molar-refractivity contribution >= 4 is 23.7 Å². The van der Waals surface area contributed by atoms with E-state index in [1.54, 1.807) is 32.0 Å². The Morgan fingerprint density at radius 2 is 1.82 bits per heavy atom. The molecule has 10 heteroatoms. The molecule has 2 amide bonds. The van der Waals surface area contributed by atoms with E-state index in [1.807, 2.05) is 13.8 Å². The van der Waals surface area contributed by atoms with Crippen molar-refractivity contribution < 1.29 is 24.0 Å². The fourth-order valence-electron chi connectivity index (χ4n) is 2.88. The predicted octanol–water partition coefficient (Wildman–Crippen LogP) is 3.30. The highest BCUT2D eigenvalue weighted by molar-refractivity contribution is 5.98. The Hall–Kier alpha value is -3.95. The van der Waals surface area contributed by atoms with Crippen LogP contribution in [0.2, 0.25) is 0 Å². The molecular formula is C23H28N4O6. The number of hydrogen-bond acceptors (Lipinski definition) is 7. The van der Waals surface area contributed by atoms with Crippen LogP contribution in [-0.4, -0.2) is 42.2 Å². The van der Waals surface area contributed by atoms with E-state index in [1.165, 1.54) is 31.5 Å². The molecule has 0 aliphatic carbocycles. The second kappa shape index (κ2) is 11.6. The number of nitro groups is 1. The molecule has 2 rings (SSSR count). The Balaban J connectivity index is 2.07. The third-order valence-corrected chi connectivity index (χ3v) is 4.49. The highest BCUT2D eigenvalue weighted by atomic mass is 16.6. The minimum absolute atomic E-state index is 0.0112.